The maximum atomic E-state index is 12.9. The third kappa shape index (κ3) is 3.41. The molecule has 0 heterocycles. The molecule has 0 radical (unpaired) electrons. The van der Waals surface area contributed by atoms with Crippen molar-refractivity contribution in [1.82, 2.24) is 4.31 Å². The van der Waals surface area contributed by atoms with Gasteiger partial charge < -0.3 is 5.73 Å². The summed E-state index contributed by atoms with van der Waals surface area (Å²) in [4.78, 5) is 0.289. The molecule has 2 N–H and O–H groups in total. The van der Waals surface area contributed by atoms with Gasteiger partial charge in [-0.1, -0.05) is 19.1 Å². The fourth-order valence-electron chi connectivity index (χ4n) is 2.07. The molecule has 0 saturated heterocycles. The van der Waals surface area contributed by atoms with E-state index in [1.54, 1.807) is 18.2 Å². The second-order valence-electron chi connectivity index (χ2n) is 5.72. The van der Waals surface area contributed by atoms with Crippen molar-refractivity contribution in [3.8, 4) is 0 Å². The highest BCUT2D eigenvalue weighted by molar-refractivity contribution is 7.89. The third-order valence-electron chi connectivity index (χ3n) is 3.08. The fourth-order valence-corrected chi connectivity index (χ4v) is 4.16. The lowest BCUT2D eigenvalue weighted by Gasteiger charge is -2.34. The highest BCUT2D eigenvalue weighted by Crippen LogP contribution is 2.28. The van der Waals surface area contributed by atoms with Gasteiger partial charge >= 0.3 is 0 Å². The summed E-state index contributed by atoms with van der Waals surface area (Å²) in [5, 5.41) is 0. The van der Waals surface area contributed by atoms with E-state index in [4.69, 9.17) is 5.73 Å². The quantitative estimate of drug-likeness (QED) is 0.671. The molecule has 1 aromatic carbocycles. The Kier molecular flexibility index (Phi) is 5.00. The Morgan fingerprint density at radius 2 is 1.95 bits per heavy atom. The van der Waals surface area contributed by atoms with Crippen molar-refractivity contribution < 1.29 is 8.42 Å². The molecule has 0 unspecified atom stereocenters. The lowest BCUT2D eigenvalue weighted by Crippen LogP contribution is -2.45. The largest absolute Gasteiger partial charge is 0.399 e. The van der Waals surface area contributed by atoms with Crippen molar-refractivity contribution in [2.45, 2.75) is 44.6 Å². The van der Waals surface area contributed by atoms with Crippen LogP contribution in [-0.2, 0) is 16.4 Å². The van der Waals surface area contributed by atoms with Gasteiger partial charge in [0.1, 0.15) is 0 Å². The molecule has 0 aliphatic carbocycles. The Labute approximate surface area is 122 Å². The summed E-state index contributed by atoms with van der Waals surface area (Å²) < 4.78 is 27.3. The van der Waals surface area contributed by atoms with Crippen molar-refractivity contribution in [1.29, 1.82) is 0 Å². The number of benzene rings is 1. The Bertz CT molecular complexity index is 586. The zero-order valence-corrected chi connectivity index (χ0v) is 13.5. The SMILES string of the molecule is C=CCN(C(C)(C)C)S(=O)(=O)c1cc(N)ccc1CC. The van der Waals surface area contributed by atoms with Crippen molar-refractivity contribution in [3.05, 3.63) is 36.4 Å². The molecule has 0 saturated carbocycles. The average Bonchev–Trinajstić information content (AvgIpc) is 2.34. The molecule has 0 spiro atoms. The van der Waals surface area contributed by atoms with E-state index < -0.39 is 15.6 Å². The summed E-state index contributed by atoms with van der Waals surface area (Å²) >= 11 is 0. The smallest absolute Gasteiger partial charge is 0.244 e. The van der Waals surface area contributed by atoms with Crippen LogP contribution in [0.25, 0.3) is 0 Å². The van der Waals surface area contributed by atoms with E-state index in [9.17, 15) is 8.42 Å². The highest BCUT2D eigenvalue weighted by atomic mass is 32.2. The van der Waals surface area contributed by atoms with Crippen molar-refractivity contribution in [3.63, 3.8) is 0 Å². The van der Waals surface area contributed by atoms with Gasteiger partial charge in [0, 0.05) is 17.8 Å². The van der Waals surface area contributed by atoms with Crippen molar-refractivity contribution >= 4 is 15.7 Å². The van der Waals surface area contributed by atoms with Gasteiger partial charge in [0.05, 0.1) is 4.90 Å². The average molecular weight is 296 g/mol. The normalized spacial score (nSPS) is 12.7. The van der Waals surface area contributed by atoms with Gasteiger partial charge in [-0.3, -0.25) is 0 Å². The number of nitrogens with two attached hydrogens (primary N) is 1. The molecule has 5 heteroatoms. The molecule has 0 aromatic heterocycles. The Balaban J connectivity index is 3.48. The van der Waals surface area contributed by atoms with Crippen LogP contribution in [0.4, 0.5) is 5.69 Å². The number of nitrogens with zero attached hydrogens (tertiary/aromatic N) is 1. The van der Waals surface area contributed by atoms with Crippen LogP contribution in [0.15, 0.2) is 35.7 Å². The van der Waals surface area contributed by atoms with Gasteiger partial charge in [0.15, 0.2) is 0 Å². The number of anilines is 1. The standard InChI is InChI=1S/C15H24N2O2S/c1-6-10-17(15(3,4)5)20(18,19)14-11-13(16)9-8-12(14)7-2/h6,8-9,11H,1,7,10,16H2,2-5H3. The van der Waals surface area contributed by atoms with E-state index >= 15 is 0 Å². The molecule has 0 fully saturated rings. The summed E-state index contributed by atoms with van der Waals surface area (Å²) in [5.74, 6) is 0. The first-order chi connectivity index (χ1) is 9.14. The summed E-state index contributed by atoms with van der Waals surface area (Å²) in [6.07, 6.45) is 2.24. The van der Waals surface area contributed by atoms with Crippen LogP contribution >= 0.6 is 0 Å². The Morgan fingerprint density at radius 1 is 1.35 bits per heavy atom. The van der Waals surface area contributed by atoms with E-state index in [1.165, 1.54) is 10.4 Å². The third-order valence-corrected chi connectivity index (χ3v) is 5.30. The molecule has 0 amide bonds. The molecule has 0 aliphatic rings. The molecular formula is C15H24N2O2S. The zero-order chi connectivity index (χ0) is 15.6. The van der Waals surface area contributed by atoms with Crippen LogP contribution in [0.5, 0.6) is 0 Å². The van der Waals surface area contributed by atoms with E-state index in [-0.39, 0.29) is 11.4 Å². The molecule has 0 bridgehead atoms. The monoisotopic (exact) mass is 296 g/mol. The van der Waals surface area contributed by atoms with Crippen LogP contribution < -0.4 is 5.73 Å². The predicted octanol–water partition coefficient (Wildman–Crippen LogP) is 2.81. The molecule has 1 rings (SSSR count). The molecule has 0 aliphatic heterocycles. The van der Waals surface area contributed by atoms with Gasteiger partial charge in [0.2, 0.25) is 10.0 Å². The maximum absolute atomic E-state index is 12.9. The summed E-state index contributed by atoms with van der Waals surface area (Å²) in [6.45, 7) is 11.4. The van der Waals surface area contributed by atoms with E-state index in [2.05, 4.69) is 6.58 Å². The Morgan fingerprint density at radius 3 is 2.40 bits per heavy atom. The number of nitrogen functional groups attached to an aromatic ring is 1. The van der Waals surface area contributed by atoms with E-state index in [1.807, 2.05) is 27.7 Å². The molecule has 112 valence electrons. The molecule has 1 aromatic rings. The molecule has 0 atom stereocenters. The number of aryl methyl sites for hydroxylation is 1. The summed E-state index contributed by atoms with van der Waals surface area (Å²) in [5.41, 5.74) is 6.46. The van der Waals surface area contributed by atoms with Gasteiger partial charge in [-0.2, -0.15) is 4.31 Å². The van der Waals surface area contributed by atoms with Crippen LogP contribution in [0, 0.1) is 0 Å². The summed E-state index contributed by atoms with van der Waals surface area (Å²) in [7, 11) is -3.60. The maximum Gasteiger partial charge on any atom is 0.244 e. The van der Waals surface area contributed by atoms with Crippen molar-refractivity contribution in [2.24, 2.45) is 0 Å². The molecule has 20 heavy (non-hydrogen) atoms. The highest BCUT2D eigenvalue weighted by Gasteiger charge is 2.34. The topological polar surface area (TPSA) is 63.4 Å². The fraction of sp³-hybridized carbons (Fsp3) is 0.467. The van der Waals surface area contributed by atoms with Crippen LogP contribution in [0.2, 0.25) is 0 Å². The molecule has 4 nitrogen and oxygen atoms in total. The van der Waals surface area contributed by atoms with Crippen LogP contribution in [-0.4, -0.2) is 24.8 Å². The Hall–Kier alpha value is -1.33. The first-order valence-corrected chi connectivity index (χ1v) is 8.10. The number of sulfonamides is 1. The van der Waals surface area contributed by atoms with Crippen LogP contribution in [0.1, 0.15) is 33.3 Å². The van der Waals surface area contributed by atoms with Gasteiger partial charge in [0.25, 0.3) is 0 Å². The number of hydrogen-bond acceptors (Lipinski definition) is 3. The van der Waals surface area contributed by atoms with Gasteiger partial charge in [-0.15, -0.1) is 6.58 Å². The first kappa shape index (κ1) is 16.7. The van der Waals surface area contributed by atoms with Gasteiger partial charge in [-0.05, 0) is 44.9 Å². The zero-order valence-electron chi connectivity index (χ0n) is 12.7. The van der Waals surface area contributed by atoms with E-state index in [0.29, 0.717) is 12.1 Å². The van der Waals surface area contributed by atoms with Crippen molar-refractivity contribution in [2.75, 3.05) is 12.3 Å². The van der Waals surface area contributed by atoms with E-state index in [0.717, 1.165) is 5.56 Å². The second-order valence-corrected chi connectivity index (χ2v) is 7.55. The minimum Gasteiger partial charge on any atom is -0.399 e. The molecular weight excluding hydrogens is 272 g/mol. The van der Waals surface area contributed by atoms with Crippen LogP contribution in [0.3, 0.4) is 0 Å². The number of rotatable bonds is 5. The minimum atomic E-state index is -3.60. The second kappa shape index (κ2) is 5.97. The lowest BCUT2D eigenvalue weighted by molar-refractivity contribution is 0.269. The summed E-state index contributed by atoms with van der Waals surface area (Å²) in [6, 6.07) is 5.04. The van der Waals surface area contributed by atoms with Gasteiger partial charge in [-0.25, -0.2) is 8.42 Å². The first-order valence-electron chi connectivity index (χ1n) is 6.66. The predicted molar refractivity (Wildman–Crippen MR) is 84.1 cm³/mol. The lowest BCUT2D eigenvalue weighted by atomic mass is 10.1. The minimum absolute atomic E-state index is 0.268. The number of hydrogen-bond donors (Lipinski definition) is 1.